The number of aryl methyl sites for hydroxylation is 1. The highest BCUT2D eigenvalue weighted by Gasteiger charge is 2.14. The predicted molar refractivity (Wildman–Crippen MR) is 107 cm³/mol. The number of hydrogen-bond donors (Lipinski definition) is 2. The van der Waals surface area contributed by atoms with Gasteiger partial charge in [0.2, 0.25) is 5.88 Å². The average molecular weight is 403 g/mol. The minimum atomic E-state index is -0.813. The number of carbonyl (C=O) groups excluding carboxylic acids is 1. The molecule has 28 heavy (non-hydrogen) atoms. The van der Waals surface area contributed by atoms with Gasteiger partial charge < -0.3 is 15.6 Å². The van der Waals surface area contributed by atoms with Crippen molar-refractivity contribution in [1.82, 2.24) is 4.98 Å². The van der Waals surface area contributed by atoms with E-state index in [-0.39, 0.29) is 30.5 Å². The van der Waals surface area contributed by atoms with E-state index in [4.69, 9.17) is 15.6 Å². The quantitative estimate of drug-likeness (QED) is 0.622. The summed E-state index contributed by atoms with van der Waals surface area (Å²) in [6, 6.07) is 16.3. The van der Waals surface area contributed by atoms with Crippen LogP contribution in [0.3, 0.4) is 0 Å². The molecule has 0 atom stereocenters. The van der Waals surface area contributed by atoms with Crippen LogP contribution in [0.15, 0.2) is 60.8 Å². The first-order chi connectivity index (χ1) is 13.1. The first kappa shape index (κ1) is 21.3. The lowest BCUT2D eigenvalue weighted by atomic mass is 10.0. The number of halogens is 2. The van der Waals surface area contributed by atoms with Gasteiger partial charge in [0.05, 0.1) is 6.20 Å². The minimum Gasteiger partial charge on any atom is -0.438 e. The normalized spacial score (nSPS) is 10.2. The zero-order valence-corrected chi connectivity index (χ0v) is 15.8. The van der Waals surface area contributed by atoms with Gasteiger partial charge in [-0.1, -0.05) is 36.4 Å². The van der Waals surface area contributed by atoms with Crippen LogP contribution in [0.1, 0.15) is 22.3 Å². The highest BCUT2D eigenvalue weighted by molar-refractivity contribution is 5.95. The third-order valence-electron chi connectivity index (χ3n) is 4.04. The summed E-state index contributed by atoms with van der Waals surface area (Å²) in [6.07, 6.45) is 2.53. The Labute approximate surface area is 168 Å². The van der Waals surface area contributed by atoms with E-state index in [2.05, 4.69) is 4.98 Å². The smallest absolute Gasteiger partial charge is 0.254 e. The van der Waals surface area contributed by atoms with Gasteiger partial charge >= 0.3 is 0 Å². The maximum atomic E-state index is 13.3. The van der Waals surface area contributed by atoms with Gasteiger partial charge in [-0.25, -0.2) is 9.37 Å². The molecular weight excluding hydrogens is 383 g/mol. The van der Waals surface area contributed by atoms with E-state index < -0.39 is 11.7 Å². The monoisotopic (exact) mass is 402 g/mol. The van der Waals surface area contributed by atoms with Gasteiger partial charge in [-0.15, -0.1) is 12.4 Å². The number of nitrogens with two attached hydrogens (primary N) is 1. The SMILES string of the molecule is Cl.NC(=O)c1cc(F)cnc1Oc1cccc(-c2ccc(CCCO)cc2)c1. The molecule has 0 aliphatic carbocycles. The van der Waals surface area contributed by atoms with Gasteiger partial charge in [-0.3, -0.25) is 4.79 Å². The number of primary amides is 1. The Morgan fingerprint density at radius 3 is 2.54 bits per heavy atom. The summed E-state index contributed by atoms with van der Waals surface area (Å²) < 4.78 is 19.0. The molecule has 0 fully saturated rings. The number of benzene rings is 2. The number of aliphatic hydroxyl groups excluding tert-OH is 1. The molecule has 0 spiro atoms. The van der Waals surface area contributed by atoms with E-state index in [1.54, 1.807) is 12.1 Å². The average Bonchev–Trinajstić information content (AvgIpc) is 2.68. The van der Waals surface area contributed by atoms with Gasteiger partial charge in [0.1, 0.15) is 17.1 Å². The summed E-state index contributed by atoms with van der Waals surface area (Å²) in [5.41, 5.74) is 8.22. The first-order valence-corrected chi connectivity index (χ1v) is 8.50. The minimum absolute atomic E-state index is 0. The zero-order chi connectivity index (χ0) is 19.2. The highest BCUT2D eigenvalue weighted by atomic mass is 35.5. The molecule has 3 rings (SSSR count). The standard InChI is InChI=1S/C21H19FN2O3.ClH/c22-17-12-19(20(23)26)21(24-13-17)27-18-5-1-4-16(11-18)15-8-6-14(7-9-15)3-2-10-25;/h1,4-9,11-13,25H,2-3,10H2,(H2,23,26);1H. The Hall–Kier alpha value is -2.96. The molecule has 0 saturated carbocycles. The van der Waals surface area contributed by atoms with E-state index >= 15 is 0 Å². The molecule has 0 aliphatic heterocycles. The van der Waals surface area contributed by atoms with Crippen molar-refractivity contribution in [1.29, 1.82) is 0 Å². The van der Waals surface area contributed by atoms with Crippen molar-refractivity contribution in [3.05, 3.63) is 77.7 Å². The van der Waals surface area contributed by atoms with Crippen LogP contribution in [0.25, 0.3) is 11.1 Å². The maximum absolute atomic E-state index is 13.3. The van der Waals surface area contributed by atoms with E-state index in [0.717, 1.165) is 41.8 Å². The molecule has 5 nitrogen and oxygen atoms in total. The van der Waals surface area contributed by atoms with Crippen molar-refractivity contribution < 1.29 is 19.0 Å². The van der Waals surface area contributed by atoms with Crippen molar-refractivity contribution in [3.8, 4) is 22.8 Å². The summed E-state index contributed by atoms with van der Waals surface area (Å²) in [5, 5.41) is 8.91. The molecule has 7 heteroatoms. The van der Waals surface area contributed by atoms with Crippen LogP contribution in [-0.2, 0) is 6.42 Å². The lowest BCUT2D eigenvalue weighted by molar-refractivity contribution is 0.0997. The van der Waals surface area contributed by atoms with Crippen LogP contribution >= 0.6 is 12.4 Å². The Morgan fingerprint density at radius 1 is 1.11 bits per heavy atom. The number of amides is 1. The van der Waals surface area contributed by atoms with Crippen LogP contribution in [-0.4, -0.2) is 22.6 Å². The van der Waals surface area contributed by atoms with Crippen LogP contribution in [0.2, 0.25) is 0 Å². The van der Waals surface area contributed by atoms with Gasteiger partial charge in [0, 0.05) is 6.61 Å². The number of rotatable bonds is 7. The van der Waals surface area contributed by atoms with E-state index in [1.807, 2.05) is 36.4 Å². The molecule has 0 aliphatic rings. The van der Waals surface area contributed by atoms with Crippen LogP contribution in [0.4, 0.5) is 4.39 Å². The number of nitrogens with zero attached hydrogens (tertiary/aromatic N) is 1. The Morgan fingerprint density at radius 2 is 1.86 bits per heavy atom. The Bertz CT molecular complexity index is 949. The predicted octanol–water partition coefficient (Wildman–Crippen LogP) is 4.13. The molecule has 0 bridgehead atoms. The van der Waals surface area contributed by atoms with Crippen molar-refractivity contribution >= 4 is 18.3 Å². The largest absolute Gasteiger partial charge is 0.438 e. The van der Waals surface area contributed by atoms with Crippen molar-refractivity contribution in [2.75, 3.05) is 6.61 Å². The third-order valence-corrected chi connectivity index (χ3v) is 4.04. The number of pyridine rings is 1. The molecule has 146 valence electrons. The Balaban J connectivity index is 0.00000280. The fraction of sp³-hybridized carbons (Fsp3) is 0.143. The topological polar surface area (TPSA) is 85.4 Å². The second kappa shape index (κ2) is 9.82. The number of carbonyl (C=O) groups is 1. The molecule has 0 unspecified atom stereocenters. The summed E-state index contributed by atoms with van der Waals surface area (Å²) in [7, 11) is 0. The van der Waals surface area contributed by atoms with Gasteiger partial charge in [0.15, 0.2) is 0 Å². The molecule has 1 amide bonds. The highest BCUT2D eigenvalue weighted by Crippen LogP contribution is 2.28. The Kier molecular flexibility index (Phi) is 7.49. The van der Waals surface area contributed by atoms with Gasteiger partial charge in [-0.05, 0) is 47.7 Å². The van der Waals surface area contributed by atoms with Crippen molar-refractivity contribution in [2.24, 2.45) is 5.73 Å². The number of aromatic nitrogens is 1. The second-order valence-electron chi connectivity index (χ2n) is 6.02. The molecule has 1 aromatic heterocycles. The van der Waals surface area contributed by atoms with Crippen molar-refractivity contribution in [2.45, 2.75) is 12.8 Å². The zero-order valence-electron chi connectivity index (χ0n) is 15.0. The molecule has 3 aromatic rings. The van der Waals surface area contributed by atoms with Crippen molar-refractivity contribution in [3.63, 3.8) is 0 Å². The van der Waals surface area contributed by atoms with E-state index in [9.17, 15) is 9.18 Å². The summed E-state index contributed by atoms with van der Waals surface area (Å²) >= 11 is 0. The second-order valence-corrected chi connectivity index (χ2v) is 6.02. The fourth-order valence-corrected chi connectivity index (χ4v) is 2.68. The third kappa shape index (κ3) is 5.28. The summed E-state index contributed by atoms with van der Waals surface area (Å²) in [5.74, 6) is -1.06. The molecule has 2 aromatic carbocycles. The molecule has 0 saturated heterocycles. The van der Waals surface area contributed by atoms with Gasteiger partial charge in [0.25, 0.3) is 5.91 Å². The number of hydrogen-bond acceptors (Lipinski definition) is 4. The van der Waals surface area contributed by atoms with E-state index in [1.165, 1.54) is 0 Å². The molecule has 3 N–H and O–H groups in total. The van der Waals surface area contributed by atoms with Crippen LogP contribution in [0, 0.1) is 5.82 Å². The fourth-order valence-electron chi connectivity index (χ4n) is 2.68. The lowest BCUT2D eigenvalue weighted by Gasteiger charge is -2.10. The lowest BCUT2D eigenvalue weighted by Crippen LogP contribution is -2.13. The summed E-state index contributed by atoms with van der Waals surface area (Å²) in [6.45, 7) is 0.172. The number of aliphatic hydroxyl groups is 1. The molecule has 0 radical (unpaired) electrons. The molecule has 1 heterocycles. The van der Waals surface area contributed by atoms with Crippen LogP contribution < -0.4 is 10.5 Å². The number of ether oxygens (including phenoxy) is 1. The first-order valence-electron chi connectivity index (χ1n) is 8.50. The van der Waals surface area contributed by atoms with Crippen LogP contribution in [0.5, 0.6) is 11.6 Å². The molecular formula is C21H20ClFN2O3. The maximum Gasteiger partial charge on any atom is 0.254 e. The summed E-state index contributed by atoms with van der Waals surface area (Å²) in [4.78, 5) is 15.3. The van der Waals surface area contributed by atoms with E-state index in [0.29, 0.717) is 5.75 Å². The van der Waals surface area contributed by atoms with Gasteiger partial charge in [-0.2, -0.15) is 0 Å².